The predicted molar refractivity (Wildman–Crippen MR) is 99.1 cm³/mol. The molecule has 1 saturated heterocycles. The fraction of sp³-hybridized carbons (Fsp3) is 0.350. The molecule has 5 nitrogen and oxygen atoms in total. The van der Waals surface area contributed by atoms with Crippen LogP contribution in [0, 0.1) is 11.6 Å². The summed E-state index contributed by atoms with van der Waals surface area (Å²) in [7, 11) is 0. The Labute approximate surface area is 157 Å². The van der Waals surface area contributed by atoms with Gasteiger partial charge >= 0.3 is 0 Å². The number of carbonyl (C=O) groups is 1. The summed E-state index contributed by atoms with van der Waals surface area (Å²) in [6.07, 6.45) is 0.906. The smallest absolute Gasteiger partial charge is 0.251 e. The Bertz CT molecular complexity index is 762. The average molecular weight is 375 g/mol. The van der Waals surface area contributed by atoms with E-state index < -0.39 is 11.6 Å². The van der Waals surface area contributed by atoms with Gasteiger partial charge in [-0.25, -0.2) is 8.78 Å². The first-order chi connectivity index (χ1) is 13.1. The van der Waals surface area contributed by atoms with Gasteiger partial charge < -0.3 is 20.3 Å². The van der Waals surface area contributed by atoms with Gasteiger partial charge in [-0.05, 0) is 49.4 Å². The number of nitrogens with one attached hydrogen (secondary N) is 2. The summed E-state index contributed by atoms with van der Waals surface area (Å²) < 4.78 is 31.6. The van der Waals surface area contributed by atoms with E-state index in [0.29, 0.717) is 17.9 Å². The van der Waals surface area contributed by atoms with E-state index >= 15 is 0 Å². The fourth-order valence-corrected chi connectivity index (χ4v) is 2.89. The van der Waals surface area contributed by atoms with Crippen molar-refractivity contribution in [3.63, 3.8) is 0 Å². The standard InChI is InChI=1S/C20H23F2N3O2/c21-18-7-6-17(14-19(18)22)27-16-4-2-15(3-5-16)20(26)24-8-1-11-25-12-9-23-10-13-25/h2-7,14,23H,1,8-13H2,(H,24,26). The molecule has 144 valence electrons. The first-order valence-electron chi connectivity index (χ1n) is 9.06. The molecule has 0 spiro atoms. The number of benzene rings is 2. The van der Waals surface area contributed by atoms with E-state index in [2.05, 4.69) is 15.5 Å². The minimum Gasteiger partial charge on any atom is -0.457 e. The Kier molecular flexibility index (Phi) is 6.73. The summed E-state index contributed by atoms with van der Waals surface area (Å²) in [6, 6.07) is 9.86. The van der Waals surface area contributed by atoms with Crippen molar-refractivity contribution in [1.82, 2.24) is 15.5 Å². The zero-order valence-corrected chi connectivity index (χ0v) is 15.0. The van der Waals surface area contributed by atoms with Gasteiger partial charge in [0.25, 0.3) is 5.91 Å². The van der Waals surface area contributed by atoms with E-state index in [-0.39, 0.29) is 11.7 Å². The topological polar surface area (TPSA) is 53.6 Å². The zero-order chi connectivity index (χ0) is 19.1. The molecule has 1 heterocycles. The van der Waals surface area contributed by atoms with Crippen LogP contribution >= 0.6 is 0 Å². The van der Waals surface area contributed by atoms with E-state index in [1.54, 1.807) is 24.3 Å². The lowest BCUT2D eigenvalue weighted by atomic mass is 10.2. The van der Waals surface area contributed by atoms with Crippen molar-refractivity contribution in [2.45, 2.75) is 6.42 Å². The van der Waals surface area contributed by atoms with Crippen molar-refractivity contribution in [2.75, 3.05) is 39.3 Å². The number of carbonyl (C=O) groups excluding carboxylic acids is 1. The molecule has 0 radical (unpaired) electrons. The van der Waals surface area contributed by atoms with Crippen LogP contribution in [0.5, 0.6) is 11.5 Å². The summed E-state index contributed by atoms with van der Waals surface area (Å²) in [6.45, 7) is 5.73. The first kappa shape index (κ1) is 19.3. The van der Waals surface area contributed by atoms with Crippen LogP contribution in [0.25, 0.3) is 0 Å². The first-order valence-corrected chi connectivity index (χ1v) is 9.06. The molecule has 2 aromatic rings. The molecule has 1 aliphatic rings. The van der Waals surface area contributed by atoms with E-state index in [1.807, 2.05) is 0 Å². The van der Waals surface area contributed by atoms with E-state index in [0.717, 1.165) is 51.3 Å². The molecule has 1 amide bonds. The minimum absolute atomic E-state index is 0.144. The van der Waals surface area contributed by atoms with Gasteiger partial charge in [-0.2, -0.15) is 0 Å². The molecule has 3 rings (SSSR count). The predicted octanol–water partition coefficient (Wildman–Crippen LogP) is 2.78. The molecular formula is C20H23F2N3O2. The summed E-state index contributed by atoms with van der Waals surface area (Å²) >= 11 is 0. The van der Waals surface area contributed by atoms with Crippen LogP contribution in [0.2, 0.25) is 0 Å². The number of nitrogens with zero attached hydrogens (tertiary/aromatic N) is 1. The van der Waals surface area contributed by atoms with E-state index in [4.69, 9.17) is 4.74 Å². The quantitative estimate of drug-likeness (QED) is 0.731. The van der Waals surface area contributed by atoms with Gasteiger partial charge in [0.1, 0.15) is 11.5 Å². The van der Waals surface area contributed by atoms with Gasteiger partial charge in [0.05, 0.1) is 0 Å². The van der Waals surface area contributed by atoms with Crippen LogP contribution in [0.15, 0.2) is 42.5 Å². The molecule has 2 aromatic carbocycles. The number of ether oxygens (including phenoxy) is 1. The molecule has 0 saturated carbocycles. The molecule has 0 bridgehead atoms. The largest absolute Gasteiger partial charge is 0.457 e. The van der Waals surface area contributed by atoms with Crippen molar-refractivity contribution in [1.29, 1.82) is 0 Å². The van der Waals surface area contributed by atoms with Gasteiger partial charge in [0.2, 0.25) is 0 Å². The molecule has 1 aliphatic heterocycles. The van der Waals surface area contributed by atoms with Crippen LogP contribution in [0.4, 0.5) is 8.78 Å². The Morgan fingerprint density at radius 2 is 1.74 bits per heavy atom. The lowest BCUT2D eigenvalue weighted by Gasteiger charge is -2.27. The Balaban J connectivity index is 1.44. The second-order valence-corrected chi connectivity index (χ2v) is 6.40. The number of piperazine rings is 1. The summed E-state index contributed by atoms with van der Waals surface area (Å²) in [5.41, 5.74) is 0.523. The highest BCUT2D eigenvalue weighted by atomic mass is 19.2. The zero-order valence-electron chi connectivity index (χ0n) is 15.0. The second-order valence-electron chi connectivity index (χ2n) is 6.40. The van der Waals surface area contributed by atoms with Crippen LogP contribution < -0.4 is 15.4 Å². The number of halogens is 2. The Hall–Kier alpha value is -2.51. The van der Waals surface area contributed by atoms with Crippen LogP contribution in [-0.4, -0.2) is 50.1 Å². The second kappa shape index (κ2) is 9.43. The molecule has 1 fully saturated rings. The molecule has 2 N–H and O–H groups in total. The molecule has 0 atom stereocenters. The maximum atomic E-state index is 13.2. The number of hydrogen-bond donors (Lipinski definition) is 2. The van der Waals surface area contributed by atoms with Gasteiger partial charge in [0, 0.05) is 44.4 Å². The normalized spacial score (nSPS) is 14.7. The molecular weight excluding hydrogens is 352 g/mol. The minimum atomic E-state index is -0.968. The van der Waals surface area contributed by atoms with Gasteiger partial charge in [-0.1, -0.05) is 0 Å². The monoisotopic (exact) mass is 375 g/mol. The van der Waals surface area contributed by atoms with Crippen LogP contribution in [-0.2, 0) is 0 Å². The molecule has 7 heteroatoms. The Morgan fingerprint density at radius 3 is 2.44 bits per heavy atom. The highest BCUT2D eigenvalue weighted by Gasteiger charge is 2.10. The van der Waals surface area contributed by atoms with Gasteiger partial charge in [-0.15, -0.1) is 0 Å². The third-order valence-electron chi connectivity index (χ3n) is 4.39. The maximum Gasteiger partial charge on any atom is 0.251 e. The third-order valence-corrected chi connectivity index (χ3v) is 4.39. The van der Waals surface area contributed by atoms with E-state index in [9.17, 15) is 13.6 Å². The van der Waals surface area contributed by atoms with Crippen molar-refractivity contribution >= 4 is 5.91 Å². The van der Waals surface area contributed by atoms with Crippen molar-refractivity contribution < 1.29 is 18.3 Å². The SMILES string of the molecule is O=C(NCCCN1CCNCC1)c1ccc(Oc2ccc(F)c(F)c2)cc1. The Morgan fingerprint density at radius 1 is 1.04 bits per heavy atom. The number of hydrogen-bond acceptors (Lipinski definition) is 4. The lowest BCUT2D eigenvalue weighted by Crippen LogP contribution is -2.44. The highest BCUT2D eigenvalue weighted by Crippen LogP contribution is 2.23. The van der Waals surface area contributed by atoms with Crippen molar-refractivity contribution in [3.05, 3.63) is 59.7 Å². The van der Waals surface area contributed by atoms with Crippen molar-refractivity contribution in [2.24, 2.45) is 0 Å². The van der Waals surface area contributed by atoms with Gasteiger partial charge in [-0.3, -0.25) is 4.79 Å². The molecule has 0 unspecified atom stereocenters. The average Bonchev–Trinajstić information content (AvgIpc) is 2.69. The molecule has 0 aliphatic carbocycles. The van der Waals surface area contributed by atoms with Crippen LogP contribution in [0.3, 0.4) is 0 Å². The molecule has 0 aromatic heterocycles. The van der Waals surface area contributed by atoms with Gasteiger partial charge in [0.15, 0.2) is 11.6 Å². The summed E-state index contributed by atoms with van der Waals surface area (Å²) in [4.78, 5) is 14.6. The number of amides is 1. The highest BCUT2D eigenvalue weighted by molar-refractivity contribution is 5.94. The van der Waals surface area contributed by atoms with E-state index in [1.165, 1.54) is 6.07 Å². The molecule has 27 heavy (non-hydrogen) atoms. The lowest BCUT2D eigenvalue weighted by molar-refractivity contribution is 0.0951. The van der Waals surface area contributed by atoms with Crippen molar-refractivity contribution in [3.8, 4) is 11.5 Å². The summed E-state index contributed by atoms with van der Waals surface area (Å²) in [5, 5.41) is 6.22. The third kappa shape index (κ3) is 5.74. The number of rotatable bonds is 7. The maximum absolute atomic E-state index is 13.2. The fourth-order valence-electron chi connectivity index (χ4n) is 2.89. The summed E-state index contributed by atoms with van der Waals surface area (Å²) in [5.74, 6) is -1.40. The van der Waals surface area contributed by atoms with Crippen LogP contribution in [0.1, 0.15) is 16.8 Å².